The van der Waals surface area contributed by atoms with Gasteiger partial charge in [-0.15, -0.1) is 0 Å². The van der Waals surface area contributed by atoms with Crippen molar-refractivity contribution < 1.29 is 17.2 Å². The average molecular weight is 367 g/mol. The molecule has 0 atom stereocenters. The van der Waals surface area contributed by atoms with Crippen LogP contribution in [-0.4, -0.2) is 31.7 Å². The van der Waals surface area contributed by atoms with Gasteiger partial charge in [0.25, 0.3) is 0 Å². The van der Waals surface area contributed by atoms with Crippen LogP contribution in [-0.2, 0) is 9.84 Å². The van der Waals surface area contributed by atoms with Gasteiger partial charge in [-0.2, -0.15) is 0 Å². The lowest BCUT2D eigenvalue weighted by Crippen LogP contribution is -2.40. The summed E-state index contributed by atoms with van der Waals surface area (Å²) in [5.74, 6) is -1.84. The number of halogens is 2. The number of benzene rings is 1. The molecule has 5 nitrogen and oxygen atoms in total. The number of anilines is 2. The molecular weight excluding hydrogens is 348 g/mol. The maximum absolute atomic E-state index is 13.9. The molecule has 2 heterocycles. The number of piperidine rings is 1. The summed E-state index contributed by atoms with van der Waals surface area (Å²) in [6, 6.07) is 4.42. The lowest BCUT2D eigenvalue weighted by Gasteiger charge is -2.34. The van der Waals surface area contributed by atoms with E-state index in [1.54, 1.807) is 6.20 Å². The van der Waals surface area contributed by atoms with Gasteiger partial charge in [0.15, 0.2) is 9.84 Å². The van der Waals surface area contributed by atoms with Gasteiger partial charge in [-0.05, 0) is 38.0 Å². The van der Waals surface area contributed by atoms with Crippen LogP contribution >= 0.6 is 0 Å². The molecule has 1 aromatic carbocycles. The Hall–Kier alpha value is -2.22. The highest BCUT2D eigenvalue weighted by atomic mass is 32.2. The number of rotatable bonds is 3. The van der Waals surface area contributed by atoms with Crippen LogP contribution in [0.2, 0.25) is 0 Å². The Morgan fingerprint density at radius 2 is 1.88 bits per heavy atom. The molecule has 25 heavy (non-hydrogen) atoms. The zero-order valence-corrected chi connectivity index (χ0v) is 14.6. The Bertz CT molecular complexity index is 895. The first kappa shape index (κ1) is 17.6. The molecule has 8 heteroatoms. The summed E-state index contributed by atoms with van der Waals surface area (Å²) < 4.78 is 52.3. The maximum Gasteiger partial charge on any atom is 0.184 e. The van der Waals surface area contributed by atoms with Gasteiger partial charge in [0.05, 0.1) is 22.8 Å². The standard InChI is InChI=1S/C17H19F2N3O2S/c1-11-8-16(15(20)10-21-11)22-6-4-13(5-7-22)25(23,24)17-3-2-12(18)9-14(17)19/h2-3,8-10,13H,4-7,20H2,1H3. The number of nitrogens with zero attached hydrogens (tertiary/aromatic N) is 2. The molecule has 2 N–H and O–H groups in total. The van der Waals surface area contributed by atoms with Gasteiger partial charge in [0, 0.05) is 24.8 Å². The fourth-order valence-electron chi connectivity index (χ4n) is 3.12. The van der Waals surface area contributed by atoms with Crippen molar-refractivity contribution in [1.29, 1.82) is 0 Å². The van der Waals surface area contributed by atoms with Crippen molar-refractivity contribution in [3.63, 3.8) is 0 Å². The highest BCUT2D eigenvalue weighted by Crippen LogP contribution is 2.31. The predicted octanol–water partition coefficient (Wildman–Crippen LogP) is 2.69. The summed E-state index contributed by atoms with van der Waals surface area (Å²) in [7, 11) is -3.85. The summed E-state index contributed by atoms with van der Waals surface area (Å²) >= 11 is 0. The van der Waals surface area contributed by atoms with E-state index in [2.05, 4.69) is 4.98 Å². The highest BCUT2D eigenvalue weighted by Gasteiger charge is 2.33. The van der Waals surface area contributed by atoms with Crippen LogP contribution in [0, 0.1) is 18.6 Å². The Balaban J connectivity index is 1.78. The fraction of sp³-hybridized carbons (Fsp3) is 0.353. The Kier molecular flexibility index (Phi) is 4.64. The zero-order valence-electron chi connectivity index (χ0n) is 13.7. The second kappa shape index (κ2) is 6.59. The quantitative estimate of drug-likeness (QED) is 0.844. The molecule has 0 unspecified atom stereocenters. The van der Waals surface area contributed by atoms with Crippen LogP contribution in [0.4, 0.5) is 20.2 Å². The number of aryl methyl sites for hydroxylation is 1. The lowest BCUT2D eigenvalue weighted by atomic mass is 10.1. The third kappa shape index (κ3) is 3.44. The lowest BCUT2D eigenvalue weighted by molar-refractivity contribution is 0.516. The molecule has 2 aromatic rings. The van der Waals surface area contributed by atoms with Gasteiger partial charge in [0.2, 0.25) is 0 Å². The van der Waals surface area contributed by atoms with E-state index >= 15 is 0 Å². The minimum Gasteiger partial charge on any atom is -0.396 e. The molecular formula is C17H19F2N3O2S. The molecule has 0 amide bonds. The first-order valence-electron chi connectivity index (χ1n) is 7.95. The van der Waals surface area contributed by atoms with Gasteiger partial charge in [-0.3, -0.25) is 4.98 Å². The Labute approximate surface area is 145 Å². The topological polar surface area (TPSA) is 76.3 Å². The summed E-state index contributed by atoms with van der Waals surface area (Å²) in [6.45, 7) is 2.83. The summed E-state index contributed by atoms with van der Waals surface area (Å²) in [5, 5.41) is -0.701. The number of hydrogen-bond acceptors (Lipinski definition) is 5. The molecule has 134 valence electrons. The molecule has 0 spiro atoms. The number of pyridine rings is 1. The van der Waals surface area contributed by atoms with Crippen molar-refractivity contribution in [2.75, 3.05) is 23.7 Å². The van der Waals surface area contributed by atoms with E-state index in [0.717, 1.165) is 23.5 Å². The van der Waals surface area contributed by atoms with Crippen molar-refractivity contribution in [3.05, 3.63) is 47.8 Å². The fourth-order valence-corrected chi connectivity index (χ4v) is 4.90. The van der Waals surface area contributed by atoms with Crippen molar-refractivity contribution >= 4 is 21.2 Å². The van der Waals surface area contributed by atoms with Gasteiger partial charge < -0.3 is 10.6 Å². The molecule has 1 aliphatic rings. The largest absolute Gasteiger partial charge is 0.396 e. The molecule has 1 fully saturated rings. The summed E-state index contributed by atoms with van der Waals surface area (Å²) in [5.41, 5.74) is 8.15. The zero-order chi connectivity index (χ0) is 18.2. The van der Waals surface area contributed by atoms with E-state index in [9.17, 15) is 17.2 Å². The minimum absolute atomic E-state index is 0.347. The molecule has 0 bridgehead atoms. The van der Waals surface area contributed by atoms with E-state index in [1.807, 2.05) is 17.9 Å². The van der Waals surface area contributed by atoms with Gasteiger partial charge in [-0.1, -0.05) is 0 Å². The van der Waals surface area contributed by atoms with Crippen molar-refractivity contribution in [1.82, 2.24) is 4.98 Å². The molecule has 0 aliphatic carbocycles. The van der Waals surface area contributed by atoms with Crippen molar-refractivity contribution in [2.24, 2.45) is 0 Å². The Morgan fingerprint density at radius 1 is 1.20 bits per heavy atom. The monoisotopic (exact) mass is 367 g/mol. The number of nitrogens with two attached hydrogens (primary N) is 1. The number of nitrogen functional groups attached to an aromatic ring is 1. The third-order valence-corrected chi connectivity index (χ3v) is 6.76. The second-order valence-electron chi connectivity index (χ2n) is 6.19. The van der Waals surface area contributed by atoms with E-state index in [0.29, 0.717) is 37.7 Å². The smallest absolute Gasteiger partial charge is 0.184 e. The molecule has 3 rings (SSSR count). The summed E-state index contributed by atoms with van der Waals surface area (Å²) in [4.78, 5) is 5.70. The number of aromatic nitrogens is 1. The van der Waals surface area contributed by atoms with Crippen molar-refractivity contribution in [2.45, 2.75) is 29.9 Å². The van der Waals surface area contributed by atoms with E-state index < -0.39 is 31.6 Å². The molecule has 1 aromatic heterocycles. The predicted molar refractivity (Wildman–Crippen MR) is 92.2 cm³/mol. The van der Waals surface area contributed by atoms with Gasteiger partial charge >= 0.3 is 0 Å². The maximum atomic E-state index is 13.9. The molecule has 1 saturated heterocycles. The number of sulfone groups is 1. The highest BCUT2D eigenvalue weighted by molar-refractivity contribution is 7.92. The first-order valence-corrected chi connectivity index (χ1v) is 9.49. The van der Waals surface area contributed by atoms with Crippen LogP contribution in [0.3, 0.4) is 0 Å². The summed E-state index contributed by atoms with van der Waals surface area (Å²) in [6.07, 6.45) is 2.28. The first-order chi connectivity index (χ1) is 11.8. The van der Waals surface area contributed by atoms with Gasteiger partial charge in [-0.25, -0.2) is 17.2 Å². The van der Waals surface area contributed by atoms with Crippen molar-refractivity contribution in [3.8, 4) is 0 Å². The Morgan fingerprint density at radius 3 is 2.52 bits per heavy atom. The normalized spacial score (nSPS) is 16.2. The van der Waals surface area contributed by atoms with Crippen LogP contribution in [0.5, 0.6) is 0 Å². The van der Waals surface area contributed by atoms with Crippen LogP contribution in [0.15, 0.2) is 35.4 Å². The minimum atomic E-state index is -3.85. The van der Waals surface area contributed by atoms with E-state index in [1.165, 1.54) is 0 Å². The number of hydrogen-bond donors (Lipinski definition) is 1. The molecule has 1 aliphatic heterocycles. The average Bonchev–Trinajstić information content (AvgIpc) is 2.57. The van der Waals surface area contributed by atoms with E-state index in [4.69, 9.17) is 5.73 Å². The van der Waals surface area contributed by atoms with Crippen LogP contribution in [0.25, 0.3) is 0 Å². The van der Waals surface area contributed by atoms with Gasteiger partial charge in [0.1, 0.15) is 16.5 Å². The third-order valence-electron chi connectivity index (χ3n) is 4.47. The van der Waals surface area contributed by atoms with Crippen LogP contribution in [0.1, 0.15) is 18.5 Å². The molecule has 0 saturated carbocycles. The van der Waals surface area contributed by atoms with E-state index in [-0.39, 0.29) is 0 Å². The SMILES string of the molecule is Cc1cc(N2CCC(S(=O)(=O)c3ccc(F)cc3F)CC2)c(N)cn1. The van der Waals surface area contributed by atoms with Crippen LogP contribution < -0.4 is 10.6 Å². The molecule has 0 radical (unpaired) electrons. The second-order valence-corrected chi connectivity index (χ2v) is 8.39.